The topological polar surface area (TPSA) is 104 Å². The summed E-state index contributed by atoms with van der Waals surface area (Å²) < 4.78 is 71.8. The number of rotatable bonds is 5. The van der Waals surface area contributed by atoms with Gasteiger partial charge in [-0.25, -0.2) is 13.4 Å². The van der Waals surface area contributed by atoms with E-state index in [1.807, 2.05) is 6.92 Å². The van der Waals surface area contributed by atoms with Crippen LogP contribution in [0, 0.1) is 17.6 Å². The largest absolute Gasteiger partial charge is 0.391 e. The number of aromatic nitrogens is 4. The number of nitrogens with one attached hydrogen (secondary N) is 2. The van der Waals surface area contributed by atoms with Gasteiger partial charge in [0.1, 0.15) is 5.52 Å². The Morgan fingerprint density at radius 2 is 1.84 bits per heavy atom. The molecule has 0 bridgehead atoms. The fourth-order valence-corrected chi connectivity index (χ4v) is 6.83. The fourth-order valence-electron chi connectivity index (χ4n) is 4.96. The lowest BCUT2D eigenvalue weighted by Crippen LogP contribution is -2.44. The summed E-state index contributed by atoms with van der Waals surface area (Å²) in [6, 6.07) is 11.9. The number of fused-ring (bicyclic) bond motifs is 1. The molecule has 38 heavy (non-hydrogen) atoms. The summed E-state index contributed by atoms with van der Waals surface area (Å²) in [7, 11) is -4.10. The van der Waals surface area contributed by atoms with Crippen molar-refractivity contribution in [3.63, 3.8) is 0 Å². The molecule has 2 atom stereocenters. The Labute approximate surface area is 221 Å². The zero-order valence-electron chi connectivity index (χ0n) is 20.2. The van der Waals surface area contributed by atoms with Gasteiger partial charge in [-0.05, 0) is 55.2 Å². The van der Waals surface area contributed by atoms with Gasteiger partial charge < -0.3 is 4.98 Å². The predicted octanol–water partition coefficient (Wildman–Crippen LogP) is 4.84. The lowest BCUT2D eigenvalue weighted by atomic mass is 9.86. The zero-order chi connectivity index (χ0) is 27.2. The summed E-state index contributed by atoms with van der Waals surface area (Å²) in [5.74, 6) is -1.65. The van der Waals surface area contributed by atoms with Crippen LogP contribution >= 0.6 is 12.2 Å². The van der Waals surface area contributed by atoms with Crippen molar-refractivity contribution in [1.82, 2.24) is 23.8 Å². The molecule has 3 heterocycles. The number of piperidine rings is 1. The van der Waals surface area contributed by atoms with Gasteiger partial charge in [0.15, 0.2) is 10.4 Å². The lowest BCUT2D eigenvalue weighted by molar-refractivity contribution is -0.187. The smallest absolute Gasteiger partial charge is 0.339 e. The highest BCUT2D eigenvalue weighted by molar-refractivity contribution is 7.89. The fraction of sp³-hybridized carbons (Fsp3) is 0.320. The van der Waals surface area contributed by atoms with Gasteiger partial charge in [-0.15, -0.1) is 0 Å². The molecule has 2 aromatic carbocycles. The maximum absolute atomic E-state index is 13.9. The molecule has 13 heteroatoms. The lowest BCUT2D eigenvalue weighted by Gasteiger charge is -2.40. The molecule has 1 saturated heterocycles. The number of aromatic amines is 2. The first-order valence-electron chi connectivity index (χ1n) is 11.9. The van der Waals surface area contributed by atoms with Crippen LogP contribution in [0.1, 0.15) is 35.6 Å². The summed E-state index contributed by atoms with van der Waals surface area (Å²) in [6.45, 7) is 1.61. The van der Waals surface area contributed by atoms with E-state index < -0.39 is 40.1 Å². The minimum Gasteiger partial charge on any atom is -0.339 e. The zero-order valence-corrected chi connectivity index (χ0v) is 21.8. The molecule has 0 spiro atoms. The monoisotopic (exact) mass is 563 g/mol. The number of hydrogen-bond donors (Lipinski definition) is 2. The van der Waals surface area contributed by atoms with Crippen molar-refractivity contribution < 1.29 is 21.6 Å². The Morgan fingerprint density at radius 1 is 1.13 bits per heavy atom. The van der Waals surface area contributed by atoms with Crippen LogP contribution in [0.4, 0.5) is 13.2 Å². The van der Waals surface area contributed by atoms with Crippen molar-refractivity contribution in [2.24, 2.45) is 5.92 Å². The van der Waals surface area contributed by atoms with E-state index in [4.69, 9.17) is 12.2 Å². The van der Waals surface area contributed by atoms with Crippen LogP contribution in [0.25, 0.3) is 11.2 Å². The van der Waals surface area contributed by atoms with E-state index in [0.717, 1.165) is 5.56 Å². The Kier molecular flexibility index (Phi) is 6.78. The molecular weight excluding hydrogens is 539 g/mol. The second-order valence-corrected chi connectivity index (χ2v) is 11.6. The Balaban J connectivity index is 1.62. The summed E-state index contributed by atoms with van der Waals surface area (Å²) >= 11 is 5.35. The van der Waals surface area contributed by atoms with Crippen LogP contribution in [0.15, 0.2) is 64.5 Å². The van der Waals surface area contributed by atoms with Crippen LogP contribution in [-0.2, 0) is 16.6 Å². The molecule has 1 aliphatic rings. The highest BCUT2D eigenvalue weighted by Gasteiger charge is 2.47. The number of benzene rings is 2. The number of aryl methyl sites for hydroxylation is 1. The summed E-state index contributed by atoms with van der Waals surface area (Å²) in [5.41, 5.74) is 1.92. The average Bonchev–Trinajstić information content (AvgIpc) is 3.37. The SMILES string of the molecule is Cc1ccc(S(=O)(=O)N2CC[C@@H](C(F)(F)F)C[C@@H]2c2ccccc2Cn2c(=S)[nH]c(=O)c3[nH]cnc32)cc1. The highest BCUT2D eigenvalue weighted by Crippen LogP contribution is 2.45. The van der Waals surface area contributed by atoms with Crippen LogP contribution in [0.2, 0.25) is 0 Å². The first-order chi connectivity index (χ1) is 18.0. The standard InChI is InChI=1S/C25H24F3N5O3S2/c1-15-6-8-18(9-7-15)38(35,36)33-11-10-17(25(26,27)28)12-20(33)19-5-3-2-4-16(19)13-32-22-21(29-14-30-22)23(34)31-24(32)37/h2-9,14,17,20H,10-13H2,1H3,(H,29,30)(H,31,34,37)/t17-,20-/m1/s1. The van der Waals surface area contributed by atoms with Gasteiger partial charge in [-0.1, -0.05) is 42.0 Å². The molecule has 0 unspecified atom stereocenters. The van der Waals surface area contributed by atoms with Crippen LogP contribution in [0.5, 0.6) is 0 Å². The third-order valence-electron chi connectivity index (χ3n) is 6.95. The minimum absolute atomic E-state index is 0.0251. The van der Waals surface area contributed by atoms with Gasteiger partial charge in [-0.2, -0.15) is 17.5 Å². The number of imidazole rings is 1. The molecular formula is C25H24F3N5O3S2. The van der Waals surface area contributed by atoms with E-state index >= 15 is 0 Å². The van der Waals surface area contributed by atoms with Gasteiger partial charge >= 0.3 is 6.18 Å². The molecule has 4 aromatic rings. The minimum atomic E-state index is -4.46. The number of halogens is 3. The third-order valence-corrected chi connectivity index (χ3v) is 9.20. The van der Waals surface area contributed by atoms with Crippen LogP contribution in [-0.4, -0.2) is 45.0 Å². The molecule has 1 fully saturated rings. The maximum atomic E-state index is 13.9. The first kappa shape index (κ1) is 26.3. The summed E-state index contributed by atoms with van der Waals surface area (Å²) in [5, 5.41) is 0. The van der Waals surface area contributed by atoms with Gasteiger partial charge in [-0.3, -0.25) is 14.3 Å². The molecule has 0 radical (unpaired) electrons. The van der Waals surface area contributed by atoms with Gasteiger partial charge in [0.25, 0.3) is 5.56 Å². The Morgan fingerprint density at radius 3 is 2.55 bits per heavy atom. The number of hydrogen-bond acceptors (Lipinski definition) is 5. The molecule has 0 amide bonds. The molecule has 1 aliphatic heterocycles. The molecule has 0 aliphatic carbocycles. The van der Waals surface area contributed by atoms with Crippen molar-refractivity contribution in [3.05, 3.63) is 86.7 Å². The van der Waals surface area contributed by atoms with Gasteiger partial charge in [0.2, 0.25) is 10.0 Å². The highest BCUT2D eigenvalue weighted by atomic mass is 32.2. The Bertz CT molecular complexity index is 1710. The third kappa shape index (κ3) is 4.81. The number of sulfonamides is 1. The van der Waals surface area contributed by atoms with E-state index in [-0.39, 0.29) is 40.3 Å². The van der Waals surface area contributed by atoms with Gasteiger partial charge in [0.05, 0.1) is 29.7 Å². The van der Waals surface area contributed by atoms with E-state index in [1.165, 1.54) is 22.8 Å². The normalized spacial score (nSPS) is 19.2. The average molecular weight is 564 g/mol. The van der Waals surface area contributed by atoms with Gasteiger partial charge in [0, 0.05) is 6.54 Å². The van der Waals surface area contributed by atoms with E-state index in [2.05, 4.69) is 15.0 Å². The maximum Gasteiger partial charge on any atom is 0.391 e. The molecule has 8 nitrogen and oxygen atoms in total. The molecule has 5 rings (SSSR count). The first-order valence-corrected chi connectivity index (χ1v) is 13.7. The molecule has 0 saturated carbocycles. The number of alkyl halides is 3. The number of nitrogens with zero attached hydrogens (tertiary/aromatic N) is 3. The molecule has 2 aromatic heterocycles. The van der Waals surface area contributed by atoms with Crippen molar-refractivity contribution >= 4 is 33.4 Å². The van der Waals surface area contributed by atoms with Crippen LogP contribution < -0.4 is 5.56 Å². The van der Waals surface area contributed by atoms with Crippen molar-refractivity contribution in [2.45, 2.75) is 43.4 Å². The summed E-state index contributed by atoms with van der Waals surface area (Å²) in [6.07, 6.45) is -3.86. The van der Waals surface area contributed by atoms with Crippen molar-refractivity contribution in [1.29, 1.82) is 0 Å². The Hall–Kier alpha value is -3.29. The van der Waals surface area contributed by atoms with Crippen molar-refractivity contribution in [3.8, 4) is 0 Å². The number of H-pyrrole nitrogens is 2. The van der Waals surface area contributed by atoms with Crippen molar-refractivity contribution in [2.75, 3.05) is 6.54 Å². The predicted molar refractivity (Wildman–Crippen MR) is 138 cm³/mol. The molecule has 2 N–H and O–H groups in total. The van der Waals surface area contributed by atoms with E-state index in [0.29, 0.717) is 11.1 Å². The van der Waals surface area contributed by atoms with E-state index in [9.17, 15) is 26.4 Å². The second-order valence-electron chi connectivity index (χ2n) is 9.35. The second kappa shape index (κ2) is 9.79. The quantitative estimate of drug-likeness (QED) is 0.338. The summed E-state index contributed by atoms with van der Waals surface area (Å²) in [4.78, 5) is 21.8. The van der Waals surface area contributed by atoms with Crippen LogP contribution in [0.3, 0.4) is 0 Å². The molecule has 200 valence electrons. The van der Waals surface area contributed by atoms with E-state index in [1.54, 1.807) is 41.0 Å².